The summed E-state index contributed by atoms with van der Waals surface area (Å²) in [6.45, 7) is 8.89. The minimum Gasteiger partial charge on any atom is -0.493 e. The molecule has 0 aromatic carbocycles. The molecule has 10 heteroatoms. The molecule has 0 spiro atoms. The number of amides is 1. The number of aliphatic hydroxyl groups excluding tert-OH is 1. The molecule has 234 valence electrons. The third-order valence-electron chi connectivity index (χ3n) is 9.76. The first-order chi connectivity index (χ1) is 21.5. The van der Waals surface area contributed by atoms with Gasteiger partial charge in [-0.15, -0.1) is 0 Å². The third-order valence-corrected chi connectivity index (χ3v) is 9.76. The molecule has 45 heavy (non-hydrogen) atoms. The minimum absolute atomic E-state index is 0.0296. The summed E-state index contributed by atoms with van der Waals surface area (Å²) in [7, 11) is 2.71. The van der Waals surface area contributed by atoms with Gasteiger partial charge in [-0.2, -0.15) is 0 Å². The van der Waals surface area contributed by atoms with Crippen LogP contribution in [0.4, 0.5) is 0 Å². The van der Waals surface area contributed by atoms with Crippen molar-refractivity contribution in [2.75, 3.05) is 14.2 Å². The third kappa shape index (κ3) is 4.98. The number of aromatic nitrogens is 2. The Hall–Kier alpha value is -4.86. The first-order valence-corrected chi connectivity index (χ1v) is 15.2. The molecule has 4 aliphatic rings. The predicted molar refractivity (Wildman–Crippen MR) is 171 cm³/mol. The fourth-order valence-corrected chi connectivity index (χ4v) is 6.91. The van der Waals surface area contributed by atoms with Gasteiger partial charge < -0.3 is 29.4 Å². The Morgan fingerprint density at radius 2 is 1.78 bits per heavy atom. The Morgan fingerprint density at radius 1 is 1.07 bits per heavy atom. The Bertz CT molecular complexity index is 1960. The lowest BCUT2D eigenvalue weighted by molar-refractivity contribution is -0.141. The minimum atomic E-state index is -0.622. The van der Waals surface area contributed by atoms with E-state index in [-0.39, 0.29) is 36.6 Å². The first kappa shape index (κ1) is 30.2. The molecular weight excluding hydrogens is 572 g/mol. The zero-order valence-corrected chi connectivity index (χ0v) is 26.5. The van der Waals surface area contributed by atoms with Gasteiger partial charge in [0.25, 0.3) is 5.91 Å². The summed E-state index contributed by atoms with van der Waals surface area (Å²) >= 11 is 0. The number of rotatable bonds is 7. The van der Waals surface area contributed by atoms with Crippen molar-refractivity contribution >= 4 is 47.9 Å². The molecule has 2 aromatic rings. The summed E-state index contributed by atoms with van der Waals surface area (Å²) in [5.41, 5.74) is 9.55. The SMILES string of the molecule is COC(=O)CCC1=C(C)C(=Cc2[nH]c3c(c2C)CCn2c(c(C)c4c2=CC2=NC(O)=C(CCC(=O)OC)C2(C)C=C4)=C3)NC1=O. The molecule has 6 rings (SSSR count). The highest BCUT2D eigenvalue weighted by Gasteiger charge is 2.40. The van der Waals surface area contributed by atoms with Crippen LogP contribution in [0.25, 0.3) is 24.3 Å². The van der Waals surface area contributed by atoms with Crippen LogP contribution in [0.2, 0.25) is 0 Å². The molecule has 5 heterocycles. The molecule has 1 atom stereocenters. The number of carbonyl (C=O) groups excluding carboxylic acids is 3. The maximum absolute atomic E-state index is 12.7. The van der Waals surface area contributed by atoms with Crippen molar-refractivity contribution in [3.8, 4) is 0 Å². The molecule has 1 amide bonds. The Kier molecular flexibility index (Phi) is 7.54. The van der Waals surface area contributed by atoms with Gasteiger partial charge in [0.2, 0.25) is 5.88 Å². The van der Waals surface area contributed by atoms with Crippen molar-refractivity contribution in [3.05, 3.63) is 78.7 Å². The van der Waals surface area contributed by atoms with Gasteiger partial charge in [-0.1, -0.05) is 12.2 Å². The van der Waals surface area contributed by atoms with E-state index < -0.39 is 5.41 Å². The molecule has 10 nitrogen and oxygen atoms in total. The van der Waals surface area contributed by atoms with Gasteiger partial charge in [0.1, 0.15) is 0 Å². The van der Waals surface area contributed by atoms with Gasteiger partial charge in [0.05, 0.1) is 30.7 Å². The number of nitrogens with zero attached hydrogens (tertiary/aromatic N) is 2. The van der Waals surface area contributed by atoms with E-state index in [2.05, 4.69) is 58.0 Å². The van der Waals surface area contributed by atoms with E-state index >= 15 is 0 Å². The van der Waals surface area contributed by atoms with Crippen LogP contribution in [-0.2, 0) is 36.8 Å². The van der Waals surface area contributed by atoms with Crippen LogP contribution in [0.3, 0.4) is 0 Å². The fourth-order valence-electron chi connectivity index (χ4n) is 6.91. The molecule has 2 aromatic heterocycles. The van der Waals surface area contributed by atoms with Crippen LogP contribution in [0.5, 0.6) is 0 Å². The smallest absolute Gasteiger partial charge is 0.305 e. The molecular formula is C35H38N4O6. The standard InChI is InChI=1S/C35H38N4O6/c1-18-21-12-14-39-28(16-27(21)36-25(18)15-26-19(2)23(33(42)37-26)7-9-31(40)44-5)20(3)22-11-13-35(4)24(8-10-32(41)45-6)34(43)38-30(35)17-29(22)39/h11,13,15-17,36,43H,7-10,12,14H2,1-6H3,(H,37,42). The highest BCUT2D eigenvalue weighted by Crippen LogP contribution is 2.42. The Balaban J connectivity index is 1.35. The van der Waals surface area contributed by atoms with Crippen LogP contribution in [0.1, 0.15) is 73.2 Å². The van der Waals surface area contributed by atoms with Crippen molar-refractivity contribution in [1.29, 1.82) is 0 Å². The first-order valence-electron chi connectivity index (χ1n) is 15.2. The number of H-pyrrole nitrogens is 1. The van der Waals surface area contributed by atoms with E-state index in [0.29, 0.717) is 24.0 Å². The number of fused-ring (bicyclic) bond motifs is 5. The highest BCUT2D eigenvalue weighted by molar-refractivity contribution is 6.18. The number of carbonyl (C=O) groups is 3. The van der Waals surface area contributed by atoms with Crippen LogP contribution >= 0.6 is 0 Å². The molecule has 1 aliphatic carbocycles. The maximum atomic E-state index is 12.7. The lowest BCUT2D eigenvalue weighted by Gasteiger charge is -2.24. The number of hydrogen-bond donors (Lipinski definition) is 3. The topological polar surface area (TPSA) is 135 Å². The number of allylic oxidation sites excluding steroid dienone is 3. The summed E-state index contributed by atoms with van der Waals surface area (Å²) in [4.78, 5) is 44.3. The van der Waals surface area contributed by atoms with Crippen LogP contribution in [-0.4, -0.2) is 52.4 Å². The molecule has 1 unspecified atom stereocenters. The summed E-state index contributed by atoms with van der Waals surface area (Å²) < 4.78 is 11.9. The van der Waals surface area contributed by atoms with Gasteiger partial charge in [-0.05, 0) is 87.4 Å². The van der Waals surface area contributed by atoms with E-state index in [1.54, 1.807) is 0 Å². The summed E-state index contributed by atoms with van der Waals surface area (Å²) in [5.74, 6) is -0.874. The lowest BCUT2D eigenvalue weighted by atomic mass is 9.77. The lowest BCUT2D eigenvalue weighted by Crippen LogP contribution is -2.30. The van der Waals surface area contributed by atoms with Crippen LogP contribution in [0, 0.1) is 19.3 Å². The number of esters is 2. The second-order valence-electron chi connectivity index (χ2n) is 12.2. The van der Waals surface area contributed by atoms with Crippen molar-refractivity contribution in [1.82, 2.24) is 14.9 Å². The van der Waals surface area contributed by atoms with Gasteiger partial charge >= 0.3 is 11.9 Å². The van der Waals surface area contributed by atoms with Crippen molar-refractivity contribution < 1.29 is 29.0 Å². The number of methoxy groups -OCH3 is 2. The van der Waals surface area contributed by atoms with E-state index in [9.17, 15) is 19.5 Å². The van der Waals surface area contributed by atoms with Crippen molar-refractivity contribution in [2.45, 2.75) is 66.3 Å². The number of ether oxygens (including phenoxy) is 2. The number of aromatic amines is 1. The molecule has 0 saturated heterocycles. The second-order valence-corrected chi connectivity index (χ2v) is 12.2. The fraction of sp³-hybridized carbons (Fsp3) is 0.371. The number of nitrogens with one attached hydrogen (secondary N) is 2. The molecule has 3 N–H and O–H groups in total. The highest BCUT2D eigenvalue weighted by atomic mass is 16.5. The zero-order valence-electron chi connectivity index (χ0n) is 26.5. The number of hydrogen-bond acceptors (Lipinski definition) is 7. The van der Waals surface area contributed by atoms with Gasteiger partial charge in [0, 0.05) is 58.5 Å². The van der Waals surface area contributed by atoms with E-state index in [4.69, 9.17) is 9.47 Å². The Morgan fingerprint density at radius 3 is 2.49 bits per heavy atom. The molecule has 0 saturated carbocycles. The molecule has 3 aliphatic heterocycles. The van der Waals surface area contributed by atoms with Crippen LogP contribution < -0.4 is 16.0 Å². The Labute approximate surface area is 261 Å². The largest absolute Gasteiger partial charge is 0.493 e. The normalized spacial score (nSPS) is 20.8. The monoisotopic (exact) mass is 610 g/mol. The van der Waals surface area contributed by atoms with Crippen LogP contribution in [0.15, 0.2) is 39.4 Å². The molecule has 0 fully saturated rings. The summed E-state index contributed by atoms with van der Waals surface area (Å²) in [5, 5.41) is 15.9. The van der Waals surface area contributed by atoms with Crippen molar-refractivity contribution in [2.24, 2.45) is 10.4 Å². The summed E-state index contributed by atoms with van der Waals surface area (Å²) in [6.07, 6.45) is 12.3. The second kappa shape index (κ2) is 11.3. The maximum Gasteiger partial charge on any atom is 0.305 e. The van der Waals surface area contributed by atoms with E-state index in [0.717, 1.165) is 68.7 Å². The molecule has 0 bridgehead atoms. The zero-order chi connectivity index (χ0) is 32.2. The predicted octanol–water partition coefficient (Wildman–Crippen LogP) is 3.55. The van der Waals surface area contributed by atoms with E-state index in [1.807, 2.05) is 19.9 Å². The van der Waals surface area contributed by atoms with Crippen molar-refractivity contribution in [3.63, 3.8) is 0 Å². The number of aliphatic imine (C=N–C) groups is 1. The van der Waals surface area contributed by atoms with Gasteiger partial charge in [0.15, 0.2) is 0 Å². The van der Waals surface area contributed by atoms with E-state index in [1.165, 1.54) is 19.8 Å². The quantitative estimate of drug-likeness (QED) is 0.411. The van der Waals surface area contributed by atoms with Gasteiger partial charge in [-0.25, -0.2) is 4.99 Å². The van der Waals surface area contributed by atoms with Gasteiger partial charge in [-0.3, -0.25) is 14.4 Å². The average molecular weight is 611 g/mol. The number of aliphatic hydroxyl groups is 1. The average Bonchev–Trinajstić information content (AvgIpc) is 3.52. The molecule has 0 radical (unpaired) electrons. The summed E-state index contributed by atoms with van der Waals surface area (Å²) in [6, 6.07) is 0.